The smallest absolute Gasteiger partial charge is 0.0912 e. The highest BCUT2D eigenvalue weighted by atomic mass is 15.0. The maximum atomic E-state index is 4.93. The van der Waals surface area contributed by atoms with Crippen LogP contribution in [0.3, 0.4) is 0 Å². The Bertz CT molecular complexity index is 652. The Kier molecular flexibility index (Phi) is 3.23. The molecule has 1 aliphatic rings. The molecule has 0 unspecified atom stereocenters. The maximum Gasteiger partial charge on any atom is 0.0912 e. The van der Waals surface area contributed by atoms with Gasteiger partial charge in [-0.05, 0) is 13.8 Å². The summed E-state index contributed by atoms with van der Waals surface area (Å²) in [5, 5.41) is 0. The van der Waals surface area contributed by atoms with Crippen LogP contribution in [0.5, 0.6) is 0 Å². The molecule has 3 rings (SSSR count). The monoisotopic (exact) mass is 262 g/mol. The van der Waals surface area contributed by atoms with Gasteiger partial charge in [0.15, 0.2) is 0 Å². The summed E-state index contributed by atoms with van der Waals surface area (Å²) in [6.07, 6.45) is 0. The Hall–Kier alpha value is -2.22. The minimum atomic E-state index is -0.135. The fourth-order valence-electron chi connectivity index (χ4n) is 2.36. The highest BCUT2D eigenvalue weighted by Gasteiger charge is 2.25. The summed E-state index contributed by atoms with van der Waals surface area (Å²) >= 11 is 0. The van der Waals surface area contributed by atoms with E-state index in [1.165, 1.54) is 0 Å². The van der Waals surface area contributed by atoms with Crippen molar-refractivity contribution in [1.29, 1.82) is 0 Å². The highest BCUT2D eigenvalue weighted by molar-refractivity contribution is 6.53. The van der Waals surface area contributed by atoms with Crippen molar-refractivity contribution in [2.24, 2.45) is 9.98 Å². The van der Waals surface area contributed by atoms with Gasteiger partial charge in [0.2, 0.25) is 0 Å². The third-order valence-corrected chi connectivity index (χ3v) is 3.36. The van der Waals surface area contributed by atoms with E-state index in [1.807, 2.05) is 36.4 Å². The Balaban J connectivity index is 2.10. The number of benzene rings is 2. The van der Waals surface area contributed by atoms with E-state index in [9.17, 15) is 0 Å². The molecule has 0 spiro atoms. The zero-order chi connectivity index (χ0) is 14.0. The number of nitrogens with zero attached hydrogens (tertiary/aromatic N) is 2. The predicted molar refractivity (Wildman–Crippen MR) is 84.9 cm³/mol. The Morgan fingerprint density at radius 1 is 0.750 bits per heavy atom. The van der Waals surface area contributed by atoms with Gasteiger partial charge in [0.1, 0.15) is 0 Å². The van der Waals surface area contributed by atoms with E-state index in [1.54, 1.807) is 0 Å². The lowest BCUT2D eigenvalue weighted by molar-refractivity contribution is 0.534. The van der Waals surface area contributed by atoms with Crippen molar-refractivity contribution in [3.05, 3.63) is 71.8 Å². The molecule has 0 fully saturated rings. The molecule has 100 valence electrons. The van der Waals surface area contributed by atoms with Crippen LogP contribution in [0.4, 0.5) is 0 Å². The lowest BCUT2D eigenvalue weighted by Gasteiger charge is -2.26. The molecule has 0 N–H and O–H groups in total. The molecule has 2 nitrogen and oxygen atoms in total. The van der Waals surface area contributed by atoms with Gasteiger partial charge < -0.3 is 0 Å². The van der Waals surface area contributed by atoms with Crippen LogP contribution in [-0.4, -0.2) is 23.5 Å². The molecule has 0 bridgehead atoms. The maximum absolute atomic E-state index is 4.93. The van der Waals surface area contributed by atoms with Gasteiger partial charge in [0, 0.05) is 11.1 Å². The summed E-state index contributed by atoms with van der Waals surface area (Å²) in [6.45, 7) is 4.98. The summed E-state index contributed by atoms with van der Waals surface area (Å²) in [5.74, 6) is 0. The molecule has 2 heteroatoms. The summed E-state index contributed by atoms with van der Waals surface area (Å²) in [7, 11) is 0. The molecule has 0 atom stereocenters. The minimum absolute atomic E-state index is 0.135. The lowest BCUT2D eigenvalue weighted by Crippen LogP contribution is -2.33. The van der Waals surface area contributed by atoms with Crippen molar-refractivity contribution < 1.29 is 0 Å². The van der Waals surface area contributed by atoms with Gasteiger partial charge in [0.05, 0.1) is 23.5 Å². The van der Waals surface area contributed by atoms with Gasteiger partial charge in [-0.2, -0.15) is 0 Å². The van der Waals surface area contributed by atoms with Crippen LogP contribution in [0.1, 0.15) is 25.0 Å². The number of hydrogen-bond acceptors (Lipinski definition) is 2. The second kappa shape index (κ2) is 5.04. The zero-order valence-electron chi connectivity index (χ0n) is 11.9. The van der Waals surface area contributed by atoms with Crippen molar-refractivity contribution in [3.8, 4) is 0 Å². The molecule has 2 aromatic rings. The van der Waals surface area contributed by atoms with E-state index in [0.717, 1.165) is 29.1 Å². The quantitative estimate of drug-likeness (QED) is 0.787. The third-order valence-electron chi connectivity index (χ3n) is 3.36. The summed E-state index contributed by atoms with van der Waals surface area (Å²) in [6, 6.07) is 20.6. The van der Waals surface area contributed by atoms with E-state index >= 15 is 0 Å². The number of hydrogen-bond donors (Lipinski definition) is 0. The standard InChI is InChI=1S/C18H18N2/c1-18(2)13-19-16(14-9-5-3-6-10-14)17(20-18)15-11-7-4-8-12-15/h3-12H,13H2,1-2H3. The van der Waals surface area contributed by atoms with Crippen LogP contribution >= 0.6 is 0 Å². The van der Waals surface area contributed by atoms with Crippen LogP contribution in [-0.2, 0) is 0 Å². The third kappa shape index (κ3) is 2.55. The zero-order valence-corrected chi connectivity index (χ0v) is 11.9. The molecule has 1 heterocycles. The summed E-state index contributed by atoms with van der Waals surface area (Å²) in [5.41, 5.74) is 4.11. The summed E-state index contributed by atoms with van der Waals surface area (Å²) < 4.78 is 0. The van der Waals surface area contributed by atoms with Crippen molar-refractivity contribution in [2.75, 3.05) is 6.54 Å². The average molecular weight is 262 g/mol. The molecule has 0 amide bonds. The van der Waals surface area contributed by atoms with E-state index in [2.05, 4.69) is 38.1 Å². The first kappa shape index (κ1) is 12.8. The lowest BCUT2D eigenvalue weighted by atomic mass is 9.95. The topological polar surface area (TPSA) is 24.7 Å². The first-order valence-electron chi connectivity index (χ1n) is 6.91. The molecule has 2 aromatic carbocycles. The van der Waals surface area contributed by atoms with E-state index in [4.69, 9.17) is 9.98 Å². The van der Waals surface area contributed by atoms with Crippen molar-refractivity contribution in [3.63, 3.8) is 0 Å². The van der Waals surface area contributed by atoms with Gasteiger partial charge in [-0.15, -0.1) is 0 Å². The molecule has 20 heavy (non-hydrogen) atoms. The number of aliphatic imine (C=N–C) groups is 2. The van der Waals surface area contributed by atoms with Gasteiger partial charge in [-0.1, -0.05) is 60.7 Å². The Morgan fingerprint density at radius 3 is 1.80 bits per heavy atom. The molecule has 0 radical (unpaired) electrons. The molecule has 0 saturated heterocycles. The molecular formula is C18H18N2. The largest absolute Gasteiger partial charge is 0.280 e. The first-order chi connectivity index (χ1) is 9.66. The van der Waals surface area contributed by atoms with Gasteiger partial charge in [-0.3, -0.25) is 9.98 Å². The van der Waals surface area contributed by atoms with Crippen molar-refractivity contribution in [1.82, 2.24) is 0 Å². The molecule has 0 saturated carbocycles. The normalized spacial score (nSPS) is 17.3. The summed E-state index contributed by atoms with van der Waals surface area (Å²) in [4.78, 5) is 9.72. The van der Waals surface area contributed by atoms with Crippen LogP contribution in [0.25, 0.3) is 0 Å². The van der Waals surface area contributed by atoms with Crippen LogP contribution in [0.15, 0.2) is 70.6 Å². The second-order valence-electron chi connectivity index (χ2n) is 5.67. The Labute approximate surface area is 119 Å². The second-order valence-corrected chi connectivity index (χ2v) is 5.67. The van der Waals surface area contributed by atoms with Crippen LogP contribution in [0.2, 0.25) is 0 Å². The van der Waals surface area contributed by atoms with Crippen LogP contribution in [0, 0.1) is 0 Å². The molecule has 0 aliphatic carbocycles. The fourth-order valence-corrected chi connectivity index (χ4v) is 2.36. The molecule has 1 aliphatic heterocycles. The van der Waals surface area contributed by atoms with Crippen LogP contribution < -0.4 is 0 Å². The molecular weight excluding hydrogens is 244 g/mol. The first-order valence-corrected chi connectivity index (χ1v) is 6.91. The Morgan fingerprint density at radius 2 is 1.25 bits per heavy atom. The average Bonchev–Trinajstić information content (AvgIpc) is 2.48. The molecule has 0 aromatic heterocycles. The highest BCUT2D eigenvalue weighted by Crippen LogP contribution is 2.21. The van der Waals surface area contributed by atoms with Crippen molar-refractivity contribution >= 4 is 11.4 Å². The van der Waals surface area contributed by atoms with E-state index in [-0.39, 0.29) is 5.54 Å². The minimum Gasteiger partial charge on any atom is -0.280 e. The predicted octanol–water partition coefficient (Wildman–Crippen LogP) is 3.76. The fraction of sp³-hybridized carbons (Fsp3) is 0.222. The van der Waals surface area contributed by atoms with Gasteiger partial charge in [0.25, 0.3) is 0 Å². The van der Waals surface area contributed by atoms with Gasteiger partial charge in [-0.25, -0.2) is 0 Å². The van der Waals surface area contributed by atoms with E-state index in [0.29, 0.717) is 0 Å². The van der Waals surface area contributed by atoms with Crippen molar-refractivity contribution in [2.45, 2.75) is 19.4 Å². The number of rotatable bonds is 2. The van der Waals surface area contributed by atoms with E-state index < -0.39 is 0 Å². The van der Waals surface area contributed by atoms with Gasteiger partial charge >= 0.3 is 0 Å². The SMILES string of the molecule is CC1(C)CN=C(c2ccccc2)C(c2ccccc2)=N1.